The van der Waals surface area contributed by atoms with E-state index < -0.39 is 0 Å². The lowest BCUT2D eigenvalue weighted by Crippen LogP contribution is -2.32. The number of thiophene rings is 1. The van der Waals surface area contributed by atoms with Crippen LogP contribution >= 0.6 is 11.3 Å². The molecule has 23 heavy (non-hydrogen) atoms. The summed E-state index contributed by atoms with van der Waals surface area (Å²) in [6.45, 7) is 3.64. The Hall–Kier alpha value is -1.85. The fraction of sp³-hybridized carbons (Fsp3) is 0.389. The normalized spacial score (nSPS) is 24.2. The van der Waals surface area contributed by atoms with Crippen LogP contribution in [-0.2, 0) is 11.3 Å². The van der Waals surface area contributed by atoms with Gasteiger partial charge in [0.15, 0.2) is 0 Å². The van der Waals surface area contributed by atoms with Crippen LogP contribution in [0.25, 0.3) is 0 Å². The van der Waals surface area contributed by atoms with Crippen molar-refractivity contribution >= 4 is 22.9 Å². The van der Waals surface area contributed by atoms with E-state index in [0.29, 0.717) is 11.8 Å². The maximum absolute atomic E-state index is 12.7. The molecule has 0 radical (unpaired) electrons. The molecule has 0 N–H and O–H groups in total. The van der Waals surface area contributed by atoms with Crippen molar-refractivity contribution in [1.29, 1.82) is 0 Å². The van der Waals surface area contributed by atoms with Crippen molar-refractivity contribution in [3.05, 3.63) is 46.7 Å². The predicted octanol–water partition coefficient (Wildman–Crippen LogP) is 2.85. The first-order valence-electron chi connectivity index (χ1n) is 7.93. The van der Waals surface area contributed by atoms with Gasteiger partial charge in [0, 0.05) is 37.5 Å². The lowest BCUT2D eigenvalue weighted by Gasteiger charge is -2.21. The molecule has 4 rings (SSSR count). The Morgan fingerprint density at radius 1 is 1.17 bits per heavy atom. The second kappa shape index (κ2) is 5.98. The Balaban J connectivity index is 1.40. The summed E-state index contributed by atoms with van der Waals surface area (Å²) in [5.74, 6) is 1.80. The third-order valence-electron chi connectivity index (χ3n) is 4.90. The molecule has 120 valence electrons. The highest BCUT2D eigenvalue weighted by Gasteiger charge is 2.46. The van der Waals surface area contributed by atoms with Crippen LogP contribution in [0.5, 0.6) is 5.75 Å². The molecule has 3 heterocycles. The van der Waals surface area contributed by atoms with Gasteiger partial charge in [-0.1, -0.05) is 12.1 Å². The number of anilines is 1. The summed E-state index contributed by atoms with van der Waals surface area (Å²) in [5, 5.41) is 4.10. The van der Waals surface area contributed by atoms with Gasteiger partial charge in [-0.25, -0.2) is 0 Å². The number of rotatable bonds is 4. The summed E-state index contributed by atoms with van der Waals surface area (Å²) in [4.78, 5) is 17.0. The fourth-order valence-corrected chi connectivity index (χ4v) is 4.35. The Kier molecular flexibility index (Phi) is 3.83. The number of carbonyl (C=O) groups is 1. The van der Waals surface area contributed by atoms with Crippen LogP contribution < -0.4 is 9.64 Å². The first-order valence-corrected chi connectivity index (χ1v) is 8.88. The molecule has 0 spiro atoms. The third kappa shape index (κ3) is 2.75. The summed E-state index contributed by atoms with van der Waals surface area (Å²) >= 11 is 1.65. The van der Waals surface area contributed by atoms with E-state index in [-0.39, 0.29) is 5.92 Å². The van der Waals surface area contributed by atoms with E-state index in [1.807, 2.05) is 28.5 Å². The summed E-state index contributed by atoms with van der Waals surface area (Å²) in [6, 6.07) is 10.2. The highest BCUT2D eigenvalue weighted by atomic mass is 32.1. The maximum atomic E-state index is 12.7. The second-order valence-electron chi connectivity index (χ2n) is 6.34. The van der Waals surface area contributed by atoms with Crippen molar-refractivity contribution in [2.24, 2.45) is 11.8 Å². The Bertz CT molecular complexity index is 684. The Labute approximate surface area is 140 Å². The van der Waals surface area contributed by atoms with E-state index in [1.54, 1.807) is 18.4 Å². The number of hydrogen-bond donors (Lipinski definition) is 0. The minimum atomic E-state index is 0.160. The van der Waals surface area contributed by atoms with Gasteiger partial charge in [-0.3, -0.25) is 9.69 Å². The molecule has 0 unspecified atom stereocenters. The van der Waals surface area contributed by atoms with E-state index in [1.165, 1.54) is 5.56 Å². The van der Waals surface area contributed by atoms with Crippen LogP contribution in [-0.4, -0.2) is 37.6 Å². The minimum absolute atomic E-state index is 0.160. The Morgan fingerprint density at radius 3 is 2.65 bits per heavy atom. The highest BCUT2D eigenvalue weighted by molar-refractivity contribution is 7.08. The van der Waals surface area contributed by atoms with E-state index in [2.05, 4.69) is 22.4 Å². The van der Waals surface area contributed by atoms with E-state index in [9.17, 15) is 4.79 Å². The maximum Gasteiger partial charge on any atom is 0.231 e. The average Bonchev–Trinajstić information content (AvgIpc) is 3.27. The number of carbonyl (C=O) groups excluding carboxylic acids is 1. The number of fused-ring (bicyclic) bond motifs is 1. The monoisotopic (exact) mass is 328 g/mol. The predicted molar refractivity (Wildman–Crippen MR) is 91.9 cm³/mol. The van der Waals surface area contributed by atoms with Crippen LogP contribution in [0.3, 0.4) is 0 Å². The van der Waals surface area contributed by atoms with E-state index in [4.69, 9.17) is 4.74 Å². The topological polar surface area (TPSA) is 32.8 Å². The summed E-state index contributed by atoms with van der Waals surface area (Å²) in [5.41, 5.74) is 2.34. The zero-order valence-corrected chi connectivity index (χ0v) is 14.0. The lowest BCUT2D eigenvalue weighted by atomic mass is 10.0. The first-order chi connectivity index (χ1) is 11.2. The molecule has 2 atom stereocenters. The Morgan fingerprint density at radius 2 is 2.00 bits per heavy atom. The molecule has 2 saturated heterocycles. The summed E-state index contributed by atoms with van der Waals surface area (Å²) < 4.78 is 5.20. The standard InChI is InChI=1S/C18H20N2O2S/c1-22-16-4-2-13(3-5-16)8-19-9-14-10-20(15-6-7-23-12-15)18(21)17(14)11-19/h2-7,12,14,17H,8-11H2,1H3/t14-,17-/m1/s1. The molecular formula is C18H20N2O2S. The number of ether oxygens (including phenoxy) is 1. The summed E-state index contributed by atoms with van der Waals surface area (Å²) in [7, 11) is 1.68. The molecule has 0 saturated carbocycles. The SMILES string of the molecule is COc1ccc(CN2C[C@@H]3CN(c4ccsc4)C(=O)[C@@H]3C2)cc1. The van der Waals surface area contributed by atoms with Gasteiger partial charge in [0.25, 0.3) is 0 Å². The van der Waals surface area contributed by atoms with Gasteiger partial charge < -0.3 is 9.64 Å². The molecule has 1 amide bonds. The van der Waals surface area contributed by atoms with Crippen molar-refractivity contribution in [3.8, 4) is 5.75 Å². The number of benzene rings is 1. The van der Waals surface area contributed by atoms with Crippen LogP contribution in [0.1, 0.15) is 5.56 Å². The van der Waals surface area contributed by atoms with Crippen molar-refractivity contribution in [2.75, 3.05) is 31.6 Å². The smallest absolute Gasteiger partial charge is 0.231 e. The third-order valence-corrected chi connectivity index (χ3v) is 5.57. The molecule has 0 bridgehead atoms. The fourth-order valence-electron chi connectivity index (χ4n) is 3.71. The van der Waals surface area contributed by atoms with Gasteiger partial charge in [0.05, 0.1) is 18.7 Å². The molecule has 2 aliphatic rings. The van der Waals surface area contributed by atoms with Gasteiger partial charge >= 0.3 is 0 Å². The molecule has 2 aliphatic heterocycles. The molecule has 4 nitrogen and oxygen atoms in total. The average molecular weight is 328 g/mol. The number of nitrogens with zero attached hydrogens (tertiary/aromatic N) is 2. The number of hydrogen-bond acceptors (Lipinski definition) is 4. The first kappa shape index (κ1) is 14.7. The van der Waals surface area contributed by atoms with Crippen molar-refractivity contribution in [2.45, 2.75) is 6.54 Å². The zero-order chi connectivity index (χ0) is 15.8. The number of amides is 1. The molecule has 2 fully saturated rings. The van der Waals surface area contributed by atoms with Crippen molar-refractivity contribution in [3.63, 3.8) is 0 Å². The van der Waals surface area contributed by atoms with Gasteiger partial charge in [0.1, 0.15) is 5.75 Å². The van der Waals surface area contributed by atoms with Crippen LogP contribution in [0.4, 0.5) is 5.69 Å². The molecule has 0 aliphatic carbocycles. The molecular weight excluding hydrogens is 308 g/mol. The second-order valence-corrected chi connectivity index (χ2v) is 7.12. The molecule has 1 aromatic heterocycles. The van der Waals surface area contributed by atoms with Gasteiger partial charge in [-0.2, -0.15) is 11.3 Å². The summed E-state index contributed by atoms with van der Waals surface area (Å²) in [6.07, 6.45) is 0. The largest absolute Gasteiger partial charge is 0.497 e. The van der Waals surface area contributed by atoms with Crippen LogP contribution in [0.2, 0.25) is 0 Å². The minimum Gasteiger partial charge on any atom is -0.497 e. The lowest BCUT2D eigenvalue weighted by molar-refractivity contribution is -0.120. The number of methoxy groups -OCH3 is 1. The van der Waals surface area contributed by atoms with Gasteiger partial charge in [-0.05, 0) is 29.1 Å². The zero-order valence-electron chi connectivity index (χ0n) is 13.1. The van der Waals surface area contributed by atoms with Crippen molar-refractivity contribution in [1.82, 2.24) is 4.90 Å². The molecule has 1 aromatic carbocycles. The van der Waals surface area contributed by atoms with Gasteiger partial charge in [-0.15, -0.1) is 0 Å². The van der Waals surface area contributed by atoms with Crippen LogP contribution in [0, 0.1) is 11.8 Å². The van der Waals surface area contributed by atoms with Crippen LogP contribution in [0.15, 0.2) is 41.1 Å². The number of likely N-dealkylation sites (tertiary alicyclic amines) is 1. The van der Waals surface area contributed by atoms with Gasteiger partial charge in [0.2, 0.25) is 5.91 Å². The molecule has 2 aromatic rings. The quantitative estimate of drug-likeness (QED) is 0.865. The van der Waals surface area contributed by atoms with Crippen molar-refractivity contribution < 1.29 is 9.53 Å². The highest BCUT2D eigenvalue weighted by Crippen LogP contribution is 2.36. The van der Waals surface area contributed by atoms with E-state index >= 15 is 0 Å². The van der Waals surface area contributed by atoms with E-state index in [0.717, 1.165) is 37.6 Å². The molecule has 5 heteroatoms.